The van der Waals surface area contributed by atoms with Crippen LogP contribution in [0, 0.1) is 6.92 Å². The number of aryl methyl sites for hydroxylation is 1. The van der Waals surface area contributed by atoms with Crippen molar-refractivity contribution in [2.24, 2.45) is 0 Å². The van der Waals surface area contributed by atoms with Crippen molar-refractivity contribution in [3.63, 3.8) is 0 Å². The quantitative estimate of drug-likeness (QED) is 0.859. The Labute approximate surface area is 137 Å². The van der Waals surface area contributed by atoms with Crippen molar-refractivity contribution < 1.29 is 9.21 Å². The molecule has 1 N–H and O–H groups in total. The van der Waals surface area contributed by atoms with Gasteiger partial charge in [-0.2, -0.15) is 0 Å². The summed E-state index contributed by atoms with van der Waals surface area (Å²) in [5.41, 5.74) is 1.68. The summed E-state index contributed by atoms with van der Waals surface area (Å²) in [5, 5.41) is 3.99. The summed E-state index contributed by atoms with van der Waals surface area (Å²) in [5.74, 6) is 0.322. The van der Waals surface area contributed by atoms with Crippen LogP contribution in [0.5, 0.6) is 0 Å². The van der Waals surface area contributed by atoms with Crippen LogP contribution in [0.25, 0.3) is 11.0 Å². The maximum atomic E-state index is 12.3. The lowest BCUT2D eigenvalue weighted by atomic mass is 10.1. The highest BCUT2D eigenvalue weighted by Gasteiger charge is 2.17. The Morgan fingerprint density at radius 3 is 2.70 bits per heavy atom. The predicted octanol–water partition coefficient (Wildman–Crippen LogP) is 2.11. The summed E-state index contributed by atoms with van der Waals surface area (Å²) < 4.78 is 5.69. The maximum absolute atomic E-state index is 12.3. The number of nitrogens with one attached hydrogen (secondary N) is 1. The van der Waals surface area contributed by atoms with Gasteiger partial charge in [-0.3, -0.25) is 4.79 Å². The zero-order chi connectivity index (χ0) is 16.2. The van der Waals surface area contributed by atoms with Gasteiger partial charge >= 0.3 is 0 Å². The molecule has 1 fully saturated rings. The third kappa shape index (κ3) is 3.74. The molecule has 2 aromatic rings. The Morgan fingerprint density at radius 1 is 1.22 bits per heavy atom. The molecule has 0 unspecified atom stereocenters. The van der Waals surface area contributed by atoms with Gasteiger partial charge in [0, 0.05) is 43.7 Å². The van der Waals surface area contributed by atoms with Crippen molar-refractivity contribution in [1.29, 1.82) is 0 Å². The molecule has 1 aliphatic rings. The molecule has 3 rings (SSSR count). The van der Waals surface area contributed by atoms with E-state index >= 15 is 0 Å². The molecule has 0 radical (unpaired) electrons. The third-order valence-electron chi connectivity index (χ3n) is 4.58. The first kappa shape index (κ1) is 16.0. The molecule has 1 aliphatic heterocycles. The SMILES string of the molecule is Cc1c(C(=O)NCCCN2CCN(C)CC2)oc2ccccc12. The van der Waals surface area contributed by atoms with E-state index in [1.54, 1.807) is 0 Å². The van der Waals surface area contributed by atoms with Crippen LogP contribution in [0.2, 0.25) is 0 Å². The summed E-state index contributed by atoms with van der Waals surface area (Å²) in [6.45, 7) is 8.15. The normalized spacial score (nSPS) is 16.8. The Hall–Kier alpha value is -1.85. The van der Waals surface area contributed by atoms with Gasteiger partial charge in [-0.25, -0.2) is 0 Å². The highest BCUT2D eigenvalue weighted by molar-refractivity contribution is 5.98. The number of piperazine rings is 1. The van der Waals surface area contributed by atoms with Crippen LogP contribution >= 0.6 is 0 Å². The molecule has 0 bridgehead atoms. The van der Waals surface area contributed by atoms with Crippen LogP contribution in [-0.2, 0) is 0 Å². The molecular weight excluding hydrogens is 290 g/mol. The average molecular weight is 315 g/mol. The molecule has 5 nitrogen and oxygen atoms in total. The topological polar surface area (TPSA) is 48.7 Å². The lowest BCUT2D eigenvalue weighted by Gasteiger charge is -2.32. The van der Waals surface area contributed by atoms with E-state index in [1.165, 1.54) is 0 Å². The van der Waals surface area contributed by atoms with Gasteiger partial charge in [0.2, 0.25) is 0 Å². The molecular formula is C18H25N3O2. The van der Waals surface area contributed by atoms with Gasteiger partial charge in [-0.05, 0) is 33.0 Å². The molecule has 0 atom stereocenters. The van der Waals surface area contributed by atoms with Gasteiger partial charge in [0.1, 0.15) is 5.58 Å². The van der Waals surface area contributed by atoms with Crippen molar-refractivity contribution >= 4 is 16.9 Å². The van der Waals surface area contributed by atoms with E-state index < -0.39 is 0 Å². The van der Waals surface area contributed by atoms with E-state index in [1.807, 2.05) is 31.2 Å². The highest BCUT2D eigenvalue weighted by atomic mass is 16.3. The average Bonchev–Trinajstić information content (AvgIpc) is 2.90. The number of rotatable bonds is 5. The van der Waals surface area contributed by atoms with Gasteiger partial charge in [-0.1, -0.05) is 18.2 Å². The first-order chi connectivity index (χ1) is 11.1. The first-order valence-corrected chi connectivity index (χ1v) is 8.32. The van der Waals surface area contributed by atoms with E-state index in [4.69, 9.17) is 4.42 Å². The molecule has 0 spiro atoms. The van der Waals surface area contributed by atoms with E-state index in [0.29, 0.717) is 12.3 Å². The standard InChI is InChI=1S/C18H25N3O2/c1-14-15-6-3-4-7-16(15)23-17(14)18(22)19-8-5-9-21-12-10-20(2)11-13-21/h3-4,6-7H,5,8-13H2,1-2H3,(H,19,22). The molecule has 0 saturated carbocycles. The van der Waals surface area contributed by atoms with E-state index in [-0.39, 0.29) is 5.91 Å². The van der Waals surface area contributed by atoms with Crippen molar-refractivity contribution in [3.05, 3.63) is 35.6 Å². The second kappa shape index (κ2) is 7.15. The smallest absolute Gasteiger partial charge is 0.287 e. The van der Waals surface area contributed by atoms with Gasteiger partial charge < -0.3 is 19.5 Å². The number of para-hydroxylation sites is 1. The fourth-order valence-electron chi connectivity index (χ4n) is 3.05. The number of carbonyl (C=O) groups is 1. The highest BCUT2D eigenvalue weighted by Crippen LogP contribution is 2.24. The van der Waals surface area contributed by atoms with Gasteiger partial charge in [0.25, 0.3) is 5.91 Å². The number of amides is 1. The molecule has 1 amide bonds. The van der Waals surface area contributed by atoms with Crippen molar-refractivity contribution in [3.8, 4) is 0 Å². The lowest BCUT2D eigenvalue weighted by Crippen LogP contribution is -2.45. The third-order valence-corrected chi connectivity index (χ3v) is 4.58. The molecule has 1 aromatic heterocycles. The van der Waals surface area contributed by atoms with Crippen LogP contribution in [-0.4, -0.2) is 62.0 Å². The number of nitrogens with zero attached hydrogens (tertiary/aromatic N) is 2. The largest absolute Gasteiger partial charge is 0.451 e. The van der Waals surface area contributed by atoms with Crippen molar-refractivity contribution in [1.82, 2.24) is 15.1 Å². The van der Waals surface area contributed by atoms with Gasteiger partial charge in [0.15, 0.2) is 5.76 Å². The minimum atomic E-state index is -0.114. The van der Waals surface area contributed by atoms with Crippen molar-refractivity contribution in [2.45, 2.75) is 13.3 Å². The minimum Gasteiger partial charge on any atom is -0.451 e. The zero-order valence-electron chi connectivity index (χ0n) is 14.0. The van der Waals surface area contributed by atoms with E-state index in [0.717, 1.165) is 55.7 Å². The predicted molar refractivity (Wildman–Crippen MR) is 91.8 cm³/mol. The van der Waals surface area contributed by atoms with Gasteiger partial charge in [0.05, 0.1) is 0 Å². The lowest BCUT2D eigenvalue weighted by molar-refractivity contribution is 0.0923. The molecule has 1 saturated heterocycles. The van der Waals surface area contributed by atoms with E-state index in [9.17, 15) is 4.79 Å². The summed E-state index contributed by atoms with van der Waals surface area (Å²) in [6, 6.07) is 7.76. The number of hydrogen-bond acceptors (Lipinski definition) is 4. The number of fused-ring (bicyclic) bond motifs is 1. The van der Waals surface area contributed by atoms with Crippen molar-refractivity contribution in [2.75, 3.05) is 46.3 Å². The monoisotopic (exact) mass is 315 g/mol. The second-order valence-corrected chi connectivity index (χ2v) is 6.31. The number of likely N-dealkylation sites (N-methyl/N-ethyl adjacent to an activating group) is 1. The molecule has 1 aromatic carbocycles. The zero-order valence-corrected chi connectivity index (χ0v) is 14.0. The fraction of sp³-hybridized carbons (Fsp3) is 0.500. The number of carbonyl (C=O) groups excluding carboxylic acids is 1. The number of furan rings is 1. The molecule has 5 heteroatoms. The Balaban J connectivity index is 1.48. The summed E-state index contributed by atoms with van der Waals surface area (Å²) >= 11 is 0. The summed E-state index contributed by atoms with van der Waals surface area (Å²) in [6.07, 6.45) is 0.967. The van der Waals surface area contributed by atoms with Crippen LogP contribution in [0.4, 0.5) is 0 Å². The Bertz CT molecular complexity index is 672. The summed E-state index contributed by atoms with van der Waals surface area (Å²) in [4.78, 5) is 17.1. The molecule has 23 heavy (non-hydrogen) atoms. The maximum Gasteiger partial charge on any atom is 0.287 e. The molecule has 2 heterocycles. The van der Waals surface area contributed by atoms with Crippen LogP contribution in [0.3, 0.4) is 0 Å². The van der Waals surface area contributed by atoms with Crippen LogP contribution < -0.4 is 5.32 Å². The summed E-state index contributed by atoms with van der Waals surface area (Å²) in [7, 11) is 2.16. The van der Waals surface area contributed by atoms with Crippen LogP contribution in [0.15, 0.2) is 28.7 Å². The molecule has 124 valence electrons. The number of benzene rings is 1. The molecule has 0 aliphatic carbocycles. The minimum absolute atomic E-state index is 0.114. The first-order valence-electron chi connectivity index (χ1n) is 8.32. The van der Waals surface area contributed by atoms with E-state index in [2.05, 4.69) is 22.2 Å². The van der Waals surface area contributed by atoms with Crippen LogP contribution in [0.1, 0.15) is 22.5 Å². The Morgan fingerprint density at radius 2 is 1.96 bits per heavy atom. The van der Waals surface area contributed by atoms with Gasteiger partial charge in [-0.15, -0.1) is 0 Å². The second-order valence-electron chi connectivity index (χ2n) is 6.31. The Kier molecular flexibility index (Phi) is 4.98. The number of hydrogen-bond donors (Lipinski definition) is 1. The fourth-order valence-corrected chi connectivity index (χ4v) is 3.05.